The van der Waals surface area contributed by atoms with E-state index in [9.17, 15) is 15.0 Å². The van der Waals surface area contributed by atoms with Crippen molar-refractivity contribution in [2.45, 2.75) is 13.8 Å². The minimum atomic E-state index is -0.660. The molecule has 8 heteroatoms. The predicted octanol–water partition coefficient (Wildman–Crippen LogP) is 5.64. The molecule has 3 rings (SSSR count). The zero-order valence-corrected chi connectivity index (χ0v) is 18.0. The van der Waals surface area contributed by atoms with Crippen molar-refractivity contribution in [3.8, 4) is 11.5 Å². The topological polar surface area (TPSA) is 88.4 Å². The number of aromatic hydroxyl groups is 1. The van der Waals surface area contributed by atoms with Gasteiger partial charge < -0.3 is 19.7 Å². The molecule has 0 radical (unpaired) electrons. The van der Waals surface area contributed by atoms with Gasteiger partial charge in [-0.3, -0.25) is 0 Å². The first kappa shape index (κ1) is 21.8. The summed E-state index contributed by atoms with van der Waals surface area (Å²) < 4.78 is 10.5. The number of ether oxygens (including phenoxy) is 2. The fraction of sp³-hybridized carbons (Fsp3) is 0.182. The van der Waals surface area contributed by atoms with Crippen molar-refractivity contribution in [1.82, 2.24) is 0 Å². The molecule has 0 aromatic heterocycles. The molecule has 1 aliphatic rings. The van der Waals surface area contributed by atoms with Gasteiger partial charge in [0.1, 0.15) is 16.4 Å². The first-order valence-corrected chi connectivity index (χ1v) is 10.4. The van der Waals surface area contributed by atoms with Gasteiger partial charge >= 0.3 is 5.97 Å². The number of halogens is 1. The summed E-state index contributed by atoms with van der Waals surface area (Å²) in [6, 6.07) is 11.7. The van der Waals surface area contributed by atoms with Crippen molar-refractivity contribution in [1.29, 1.82) is 0 Å². The van der Waals surface area contributed by atoms with E-state index in [0.717, 1.165) is 11.8 Å². The van der Waals surface area contributed by atoms with Crippen molar-refractivity contribution < 1.29 is 24.5 Å². The van der Waals surface area contributed by atoms with Crippen LogP contribution in [0.4, 0.5) is 5.69 Å². The number of carbonyl (C=O) groups is 1. The van der Waals surface area contributed by atoms with E-state index in [2.05, 4.69) is 4.99 Å². The molecule has 156 valence electrons. The van der Waals surface area contributed by atoms with Gasteiger partial charge in [0.2, 0.25) is 0 Å². The van der Waals surface area contributed by atoms with Crippen molar-refractivity contribution in [2.24, 2.45) is 4.99 Å². The first-order valence-electron chi connectivity index (χ1n) is 9.23. The normalized spacial score (nSPS) is 16.4. The SMILES string of the molecule is CCOC(=O)C1=C(O)/C(=C/c2ccc(O)c(OCC)c2)SC1=Nc1cccc(Cl)c1. The number of rotatable bonds is 6. The van der Waals surface area contributed by atoms with Gasteiger partial charge in [-0.1, -0.05) is 35.5 Å². The van der Waals surface area contributed by atoms with Crippen molar-refractivity contribution in [3.05, 3.63) is 69.3 Å². The molecular formula is C22H20ClNO5S. The Morgan fingerprint density at radius 2 is 1.97 bits per heavy atom. The fourth-order valence-corrected chi connectivity index (χ4v) is 3.92. The number of aliphatic imine (C=N–C) groups is 1. The molecule has 2 aromatic rings. The van der Waals surface area contributed by atoms with E-state index in [1.165, 1.54) is 6.07 Å². The predicted molar refractivity (Wildman–Crippen MR) is 120 cm³/mol. The van der Waals surface area contributed by atoms with Crippen LogP contribution in [0.15, 0.2) is 63.7 Å². The molecule has 2 aromatic carbocycles. The number of esters is 1. The van der Waals surface area contributed by atoms with Crippen molar-refractivity contribution >= 4 is 46.1 Å². The van der Waals surface area contributed by atoms with Gasteiger partial charge in [0.15, 0.2) is 11.5 Å². The molecule has 0 saturated heterocycles. The number of thioether (sulfide) groups is 1. The highest BCUT2D eigenvalue weighted by atomic mass is 35.5. The van der Waals surface area contributed by atoms with Crippen LogP contribution in [-0.2, 0) is 9.53 Å². The summed E-state index contributed by atoms with van der Waals surface area (Å²) in [5.74, 6) is -0.525. The van der Waals surface area contributed by atoms with Gasteiger partial charge in [-0.2, -0.15) is 0 Å². The maximum absolute atomic E-state index is 12.5. The second-order valence-electron chi connectivity index (χ2n) is 6.11. The van der Waals surface area contributed by atoms with Gasteiger partial charge in [-0.15, -0.1) is 0 Å². The van der Waals surface area contributed by atoms with Crippen LogP contribution in [0, 0.1) is 0 Å². The number of nitrogens with zero attached hydrogens (tertiary/aromatic N) is 1. The Hall–Kier alpha value is -2.90. The summed E-state index contributed by atoms with van der Waals surface area (Å²) in [7, 11) is 0. The molecule has 0 unspecified atom stereocenters. The van der Waals surface area contributed by atoms with E-state index >= 15 is 0 Å². The van der Waals surface area contributed by atoms with E-state index in [1.54, 1.807) is 49.4 Å². The number of hydrogen-bond donors (Lipinski definition) is 2. The number of aliphatic hydroxyl groups excluding tert-OH is 1. The second kappa shape index (κ2) is 9.73. The monoisotopic (exact) mass is 445 g/mol. The summed E-state index contributed by atoms with van der Waals surface area (Å²) >= 11 is 7.16. The molecule has 0 amide bonds. The Kier molecular flexibility index (Phi) is 7.07. The first-order chi connectivity index (χ1) is 14.4. The average molecular weight is 446 g/mol. The van der Waals surface area contributed by atoms with Crippen molar-refractivity contribution in [2.75, 3.05) is 13.2 Å². The third-order valence-electron chi connectivity index (χ3n) is 3.99. The van der Waals surface area contributed by atoms with Crippen LogP contribution in [0.3, 0.4) is 0 Å². The molecular weight excluding hydrogens is 426 g/mol. The van der Waals surface area contributed by atoms with E-state index in [4.69, 9.17) is 21.1 Å². The Balaban J connectivity index is 2.03. The molecule has 1 heterocycles. The van der Waals surface area contributed by atoms with Crippen LogP contribution in [-0.4, -0.2) is 34.4 Å². The standard InChI is InChI=1S/C22H20ClNO5S/c1-3-28-17-10-13(8-9-16(17)25)11-18-20(26)19(22(27)29-4-2)21(30-18)24-15-7-5-6-14(23)12-15/h5-12,25-26H,3-4H2,1-2H3/b18-11-,24-21?. The molecule has 30 heavy (non-hydrogen) atoms. The van der Waals surface area contributed by atoms with Crippen molar-refractivity contribution in [3.63, 3.8) is 0 Å². The lowest BCUT2D eigenvalue weighted by atomic mass is 10.1. The minimum absolute atomic E-state index is 0.00288. The van der Waals surface area contributed by atoms with Crippen LogP contribution in [0.25, 0.3) is 6.08 Å². The zero-order chi connectivity index (χ0) is 21.7. The second-order valence-corrected chi connectivity index (χ2v) is 7.58. The summed E-state index contributed by atoms with van der Waals surface area (Å²) in [4.78, 5) is 17.4. The van der Waals surface area contributed by atoms with Crippen LogP contribution >= 0.6 is 23.4 Å². The lowest BCUT2D eigenvalue weighted by molar-refractivity contribution is -0.138. The molecule has 0 bridgehead atoms. The van der Waals surface area contributed by atoms with Gasteiger partial charge in [0.25, 0.3) is 0 Å². The molecule has 1 aliphatic heterocycles. The van der Waals surface area contributed by atoms with E-state index in [0.29, 0.717) is 38.6 Å². The smallest absolute Gasteiger partial charge is 0.344 e. The highest BCUT2D eigenvalue weighted by molar-refractivity contribution is 8.18. The highest BCUT2D eigenvalue weighted by Gasteiger charge is 2.33. The molecule has 2 N–H and O–H groups in total. The summed E-state index contributed by atoms with van der Waals surface area (Å²) in [6.07, 6.45) is 1.68. The molecule has 0 aliphatic carbocycles. The van der Waals surface area contributed by atoms with Gasteiger partial charge in [-0.05, 0) is 55.8 Å². The highest BCUT2D eigenvalue weighted by Crippen LogP contribution is 2.41. The third-order valence-corrected chi connectivity index (χ3v) is 5.25. The summed E-state index contributed by atoms with van der Waals surface area (Å²) in [5.41, 5.74) is 1.22. The number of phenolic OH excluding ortho intramolecular Hbond substituents is 1. The lowest BCUT2D eigenvalue weighted by Gasteiger charge is -2.07. The van der Waals surface area contributed by atoms with Gasteiger partial charge in [0, 0.05) is 5.02 Å². The molecule has 6 nitrogen and oxygen atoms in total. The van der Waals surface area contributed by atoms with E-state index in [-0.39, 0.29) is 23.7 Å². The Morgan fingerprint density at radius 1 is 1.17 bits per heavy atom. The molecule has 0 fully saturated rings. The van der Waals surface area contributed by atoms with Crippen LogP contribution in [0.5, 0.6) is 11.5 Å². The Morgan fingerprint density at radius 3 is 2.67 bits per heavy atom. The quantitative estimate of drug-likeness (QED) is 0.559. The molecule has 0 spiro atoms. The number of aliphatic hydroxyl groups is 1. The average Bonchev–Trinajstić information content (AvgIpc) is 2.99. The number of benzene rings is 2. The maximum Gasteiger partial charge on any atom is 0.344 e. The van der Waals surface area contributed by atoms with E-state index < -0.39 is 5.97 Å². The largest absolute Gasteiger partial charge is 0.506 e. The fourth-order valence-electron chi connectivity index (χ4n) is 2.70. The van der Waals surface area contributed by atoms with Crippen LogP contribution < -0.4 is 4.74 Å². The minimum Gasteiger partial charge on any atom is -0.506 e. The number of carbonyl (C=O) groups excluding carboxylic acids is 1. The van der Waals surface area contributed by atoms with E-state index in [1.807, 2.05) is 6.92 Å². The zero-order valence-electron chi connectivity index (χ0n) is 16.4. The van der Waals surface area contributed by atoms with Crippen LogP contribution in [0.1, 0.15) is 19.4 Å². The summed E-state index contributed by atoms with van der Waals surface area (Å²) in [6.45, 7) is 4.07. The van der Waals surface area contributed by atoms with Crippen LogP contribution in [0.2, 0.25) is 5.02 Å². The number of phenols is 1. The third kappa shape index (κ3) is 4.98. The molecule has 0 atom stereocenters. The Bertz CT molecular complexity index is 1060. The van der Waals surface area contributed by atoms with Gasteiger partial charge in [-0.25, -0.2) is 9.79 Å². The number of hydrogen-bond acceptors (Lipinski definition) is 7. The maximum atomic E-state index is 12.5. The summed E-state index contributed by atoms with van der Waals surface area (Å²) in [5, 5.41) is 21.4. The van der Waals surface area contributed by atoms with Gasteiger partial charge in [0.05, 0.1) is 23.8 Å². The Labute approximate surface area is 183 Å². The molecule has 0 saturated carbocycles. The lowest BCUT2D eigenvalue weighted by Crippen LogP contribution is -2.12.